The molecule has 0 heterocycles. The molecule has 5 heteroatoms. The number of benzene rings is 1. The lowest BCUT2D eigenvalue weighted by molar-refractivity contribution is 0.396. The number of alkyl halides is 1. The molecule has 108 valence electrons. The van der Waals surface area contributed by atoms with E-state index in [9.17, 15) is 8.42 Å². The van der Waals surface area contributed by atoms with Crippen LogP contribution in [0, 0.1) is 5.41 Å². The third kappa shape index (κ3) is 6.54. The van der Waals surface area contributed by atoms with Gasteiger partial charge in [0.15, 0.2) is 0 Å². The summed E-state index contributed by atoms with van der Waals surface area (Å²) >= 11 is 3.37. The maximum Gasteiger partial charge on any atom is 0.212 e. The van der Waals surface area contributed by atoms with E-state index in [2.05, 4.69) is 20.7 Å². The van der Waals surface area contributed by atoms with E-state index in [1.54, 1.807) is 0 Å². The first-order valence-electron chi connectivity index (χ1n) is 6.34. The average Bonchev–Trinajstić information content (AvgIpc) is 2.34. The number of hydrogen-bond acceptors (Lipinski definition) is 2. The van der Waals surface area contributed by atoms with Gasteiger partial charge >= 0.3 is 0 Å². The lowest BCUT2D eigenvalue weighted by atomic mass is 9.94. The fourth-order valence-electron chi connectivity index (χ4n) is 1.59. The van der Waals surface area contributed by atoms with E-state index in [1.165, 1.54) is 0 Å². The van der Waals surface area contributed by atoms with Crippen molar-refractivity contribution in [1.82, 2.24) is 4.72 Å². The molecule has 0 bridgehead atoms. The molecule has 3 nitrogen and oxygen atoms in total. The van der Waals surface area contributed by atoms with Gasteiger partial charge in [0.25, 0.3) is 0 Å². The molecule has 19 heavy (non-hydrogen) atoms. The van der Waals surface area contributed by atoms with Crippen LogP contribution in [0.1, 0.15) is 38.8 Å². The number of halogens is 1. The normalized spacial score (nSPS) is 14.3. The van der Waals surface area contributed by atoms with Crippen molar-refractivity contribution in [3.05, 3.63) is 35.9 Å². The van der Waals surface area contributed by atoms with Crippen LogP contribution in [-0.4, -0.2) is 19.5 Å². The molecule has 0 saturated heterocycles. The van der Waals surface area contributed by atoms with Gasteiger partial charge in [-0.05, 0) is 17.4 Å². The van der Waals surface area contributed by atoms with E-state index in [4.69, 9.17) is 0 Å². The highest BCUT2D eigenvalue weighted by atomic mass is 79.9. The van der Waals surface area contributed by atoms with Crippen molar-refractivity contribution in [2.45, 2.75) is 33.2 Å². The van der Waals surface area contributed by atoms with Gasteiger partial charge in [-0.25, -0.2) is 13.1 Å². The van der Waals surface area contributed by atoms with Crippen molar-refractivity contribution in [3.63, 3.8) is 0 Å². The minimum Gasteiger partial charge on any atom is -0.212 e. The summed E-state index contributed by atoms with van der Waals surface area (Å²) in [6, 6.07) is 9.38. The molecule has 0 radical (unpaired) electrons. The SMILES string of the molecule is CC(C)(C)CCS(=O)(=O)NC(CBr)c1ccccc1. The maximum atomic E-state index is 12.1. The Hall–Kier alpha value is -0.390. The van der Waals surface area contributed by atoms with Crippen LogP contribution in [0.5, 0.6) is 0 Å². The van der Waals surface area contributed by atoms with Gasteiger partial charge < -0.3 is 0 Å². The molecule has 0 spiro atoms. The third-order valence-electron chi connectivity index (χ3n) is 2.80. The molecule has 0 aliphatic rings. The molecule has 0 aliphatic carbocycles. The molecule has 1 N–H and O–H groups in total. The Bertz CT molecular complexity index is 480. The Balaban J connectivity index is 2.70. The van der Waals surface area contributed by atoms with Gasteiger partial charge in [0, 0.05) is 5.33 Å². The Morgan fingerprint density at radius 3 is 2.26 bits per heavy atom. The summed E-state index contributed by atoms with van der Waals surface area (Å²) in [5.41, 5.74) is 0.990. The van der Waals surface area contributed by atoms with Gasteiger partial charge in [0.05, 0.1) is 11.8 Å². The summed E-state index contributed by atoms with van der Waals surface area (Å²) < 4.78 is 26.9. The van der Waals surface area contributed by atoms with Crippen molar-refractivity contribution in [3.8, 4) is 0 Å². The molecule has 0 amide bonds. The molecule has 0 saturated carbocycles. The predicted octanol–water partition coefficient (Wildman–Crippen LogP) is 3.48. The van der Waals surface area contributed by atoms with Crippen molar-refractivity contribution < 1.29 is 8.42 Å². The Labute approximate surface area is 125 Å². The zero-order valence-electron chi connectivity index (χ0n) is 11.7. The maximum absolute atomic E-state index is 12.1. The van der Waals surface area contributed by atoms with Crippen LogP contribution >= 0.6 is 15.9 Å². The topological polar surface area (TPSA) is 46.2 Å². The van der Waals surface area contributed by atoms with Gasteiger partial charge in [-0.3, -0.25) is 0 Å². The predicted molar refractivity (Wildman–Crippen MR) is 84.0 cm³/mol. The lowest BCUT2D eigenvalue weighted by Crippen LogP contribution is -2.32. The van der Waals surface area contributed by atoms with Crippen molar-refractivity contribution in [2.75, 3.05) is 11.1 Å². The Morgan fingerprint density at radius 1 is 1.21 bits per heavy atom. The molecular formula is C14H22BrNO2S. The van der Waals surface area contributed by atoms with Gasteiger partial charge in [-0.1, -0.05) is 67.0 Å². The molecule has 0 aliphatic heterocycles. The summed E-state index contributed by atoms with van der Waals surface area (Å²) in [4.78, 5) is 0. The molecule has 1 unspecified atom stereocenters. The second-order valence-corrected chi connectivity index (χ2v) is 8.39. The van der Waals surface area contributed by atoms with Crippen molar-refractivity contribution in [2.24, 2.45) is 5.41 Å². The minimum absolute atomic E-state index is 0.0192. The number of rotatable bonds is 6. The zero-order chi connectivity index (χ0) is 14.5. The number of nitrogens with one attached hydrogen (secondary N) is 1. The van der Waals surface area contributed by atoms with Gasteiger partial charge in [0.1, 0.15) is 0 Å². The van der Waals surface area contributed by atoms with E-state index >= 15 is 0 Å². The molecule has 1 atom stereocenters. The summed E-state index contributed by atoms with van der Waals surface area (Å²) in [5, 5.41) is 0.561. The standard InChI is InChI=1S/C14H22BrNO2S/c1-14(2,3)9-10-19(17,18)16-13(11-15)12-7-5-4-6-8-12/h4-8,13,16H,9-11H2,1-3H3. The molecule has 0 aromatic heterocycles. The van der Waals surface area contributed by atoms with E-state index in [0.29, 0.717) is 11.8 Å². The smallest absolute Gasteiger partial charge is 0.212 e. The van der Waals surface area contributed by atoms with E-state index in [0.717, 1.165) is 5.56 Å². The Kier molecular flexibility index (Phi) is 6.02. The molecule has 1 aromatic rings. The summed E-state index contributed by atoms with van der Waals surface area (Å²) in [6.07, 6.45) is 0.645. The largest absolute Gasteiger partial charge is 0.212 e. The second kappa shape index (κ2) is 6.86. The highest BCUT2D eigenvalue weighted by Gasteiger charge is 2.21. The van der Waals surface area contributed by atoms with Crippen LogP contribution in [0.4, 0.5) is 0 Å². The highest BCUT2D eigenvalue weighted by molar-refractivity contribution is 9.09. The molecular weight excluding hydrogens is 326 g/mol. The van der Waals surface area contributed by atoms with Crippen LogP contribution < -0.4 is 4.72 Å². The lowest BCUT2D eigenvalue weighted by Gasteiger charge is -2.20. The molecule has 0 fully saturated rings. The van der Waals surface area contributed by atoms with E-state index < -0.39 is 10.0 Å². The van der Waals surface area contributed by atoms with E-state index in [1.807, 2.05) is 51.1 Å². The fourth-order valence-corrected chi connectivity index (χ4v) is 3.99. The molecule has 1 aromatic carbocycles. The van der Waals surface area contributed by atoms with Crippen molar-refractivity contribution >= 4 is 26.0 Å². The van der Waals surface area contributed by atoms with Crippen LogP contribution in [0.15, 0.2) is 30.3 Å². The Morgan fingerprint density at radius 2 is 1.79 bits per heavy atom. The fraction of sp³-hybridized carbons (Fsp3) is 0.571. The van der Waals surface area contributed by atoms with Crippen LogP contribution in [0.2, 0.25) is 0 Å². The zero-order valence-corrected chi connectivity index (χ0v) is 14.1. The number of hydrogen-bond donors (Lipinski definition) is 1. The third-order valence-corrected chi connectivity index (χ3v) is 4.83. The first kappa shape index (κ1) is 16.7. The van der Waals surface area contributed by atoms with Gasteiger partial charge in [-0.15, -0.1) is 0 Å². The second-order valence-electron chi connectivity index (χ2n) is 5.86. The van der Waals surface area contributed by atoms with Gasteiger partial charge in [0.2, 0.25) is 10.0 Å². The first-order chi connectivity index (χ1) is 8.73. The van der Waals surface area contributed by atoms with Gasteiger partial charge in [-0.2, -0.15) is 0 Å². The van der Waals surface area contributed by atoms with Crippen LogP contribution in [0.3, 0.4) is 0 Å². The van der Waals surface area contributed by atoms with Crippen molar-refractivity contribution in [1.29, 1.82) is 0 Å². The first-order valence-corrected chi connectivity index (χ1v) is 9.12. The number of sulfonamides is 1. The minimum atomic E-state index is -3.25. The summed E-state index contributed by atoms with van der Waals surface area (Å²) in [6.45, 7) is 6.13. The average molecular weight is 348 g/mol. The van der Waals surface area contributed by atoms with E-state index in [-0.39, 0.29) is 17.2 Å². The quantitative estimate of drug-likeness (QED) is 0.800. The summed E-state index contributed by atoms with van der Waals surface area (Å²) in [7, 11) is -3.25. The van der Waals surface area contributed by atoms with Crippen LogP contribution in [0.25, 0.3) is 0 Å². The molecule has 1 rings (SSSR count). The van der Waals surface area contributed by atoms with Crippen LogP contribution in [-0.2, 0) is 10.0 Å². The highest BCUT2D eigenvalue weighted by Crippen LogP contribution is 2.21. The summed E-state index contributed by atoms with van der Waals surface area (Å²) in [5.74, 6) is 0.160. The monoisotopic (exact) mass is 347 g/mol.